The molecule has 2 atom stereocenters. The molecule has 1 saturated carbocycles. The van der Waals surface area contributed by atoms with Crippen molar-refractivity contribution in [2.75, 3.05) is 0 Å². The van der Waals surface area contributed by atoms with Gasteiger partial charge in [-0.2, -0.15) is 0 Å². The van der Waals surface area contributed by atoms with E-state index in [1.807, 2.05) is 12.1 Å². The molecular formula is C13H20N2O. The van der Waals surface area contributed by atoms with Crippen molar-refractivity contribution < 1.29 is 4.74 Å². The first-order valence-electron chi connectivity index (χ1n) is 6.09. The molecule has 2 unspecified atom stereocenters. The Labute approximate surface area is 97.0 Å². The summed E-state index contributed by atoms with van der Waals surface area (Å²) in [7, 11) is 0. The molecule has 3 heteroatoms. The molecular weight excluding hydrogens is 200 g/mol. The Morgan fingerprint density at radius 3 is 3.12 bits per heavy atom. The molecule has 1 aliphatic rings. The molecule has 0 aromatic carbocycles. The van der Waals surface area contributed by atoms with Crippen LogP contribution in [0.4, 0.5) is 0 Å². The van der Waals surface area contributed by atoms with Gasteiger partial charge in [-0.05, 0) is 31.2 Å². The predicted molar refractivity (Wildman–Crippen MR) is 64.2 cm³/mol. The molecule has 0 spiro atoms. The molecule has 2 N–H and O–H groups in total. The molecule has 0 radical (unpaired) electrons. The zero-order chi connectivity index (χ0) is 11.4. The summed E-state index contributed by atoms with van der Waals surface area (Å²) in [6, 6.07) is 3.86. The Hall–Kier alpha value is -1.09. The normalized spacial score (nSPS) is 25.4. The lowest BCUT2D eigenvalue weighted by Gasteiger charge is -2.27. The van der Waals surface area contributed by atoms with E-state index in [1.165, 1.54) is 25.7 Å². The fourth-order valence-electron chi connectivity index (χ4n) is 2.32. The van der Waals surface area contributed by atoms with Crippen LogP contribution in [0.1, 0.15) is 38.3 Å². The van der Waals surface area contributed by atoms with Gasteiger partial charge in [0.25, 0.3) is 0 Å². The van der Waals surface area contributed by atoms with Crippen LogP contribution in [-0.4, -0.2) is 11.1 Å². The lowest BCUT2D eigenvalue weighted by atomic mass is 9.89. The average molecular weight is 220 g/mol. The second-order valence-corrected chi connectivity index (χ2v) is 4.70. The SMILES string of the molecule is CC1CCCC(Oc2ccnc(CN)c2)C1. The number of hydrogen-bond acceptors (Lipinski definition) is 3. The summed E-state index contributed by atoms with van der Waals surface area (Å²) in [5.74, 6) is 1.70. The van der Waals surface area contributed by atoms with Gasteiger partial charge in [-0.3, -0.25) is 4.98 Å². The molecule has 1 fully saturated rings. The Morgan fingerprint density at radius 2 is 2.38 bits per heavy atom. The molecule has 1 aliphatic carbocycles. The Balaban J connectivity index is 1.97. The highest BCUT2D eigenvalue weighted by molar-refractivity contribution is 5.22. The topological polar surface area (TPSA) is 48.1 Å². The van der Waals surface area contributed by atoms with Crippen LogP contribution < -0.4 is 10.5 Å². The molecule has 88 valence electrons. The molecule has 0 aliphatic heterocycles. The number of nitrogens with zero attached hydrogens (tertiary/aromatic N) is 1. The van der Waals surface area contributed by atoms with Gasteiger partial charge < -0.3 is 10.5 Å². The highest BCUT2D eigenvalue weighted by atomic mass is 16.5. The summed E-state index contributed by atoms with van der Waals surface area (Å²) in [5, 5.41) is 0. The largest absolute Gasteiger partial charge is 0.490 e. The van der Waals surface area contributed by atoms with Gasteiger partial charge in [0.05, 0.1) is 11.8 Å². The van der Waals surface area contributed by atoms with Gasteiger partial charge in [0.15, 0.2) is 0 Å². The van der Waals surface area contributed by atoms with E-state index in [1.54, 1.807) is 6.20 Å². The third-order valence-corrected chi connectivity index (χ3v) is 3.19. The highest BCUT2D eigenvalue weighted by Gasteiger charge is 2.20. The summed E-state index contributed by atoms with van der Waals surface area (Å²) in [6.07, 6.45) is 7.09. The zero-order valence-corrected chi connectivity index (χ0v) is 9.86. The summed E-state index contributed by atoms with van der Waals surface area (Å²) >= 11 is 0. The van der Waals surface area contributed by atoms with Crippen LogP contribution >= 0.6 is 0 Å². The molecule has 1 aromatic rings. The van der Waals surface area contributed by atoms with Gasteiger partial charge in [-0.25, -0.2) is 0 Å². The van der Waals surface area contributed by atoms with E-state index in [4.69, 9.17) is 10.5 Å². The van der Waals surface area contributed by atoms with Crippen molar-refractivity contribution >= 4 is 0 Å². The van der Waals surface area contributed by atoms with Crippen molar-refractivity contribution in [3.63, 3.8) is 0 Å². The smallest absolute Gasteiger partial charge is 0.123 e. The summed E-state index contributed by atoms with van der Waals surface area (Å²) < 4.78 is 5.97. The van der Waals surface area contributed by atoms with Crippen molar-refractivity contribution in [2.45, 2.75) is 45.3 Å². The van der Waals surface area contributed by atoms with Crippen LogP contribution in [0.3, 0.4) is 0 Å². The van der Waals surface area contributed by atoms with Crippen molar-refractivity contribution in [3.8, 4) is 5.75 Å². The van der Waals surface area contributed by atoms with Gasteiger partial charge >= 0.3 is 0 Å². The zero-order valence-electron chi connectivity index (χ0n) is 9.86. The minimum atomic E-state index is 0.372. The van der Waals surface area contributed by atoms with E-state index >= 15 is 0 Å². The molecule has 0 saturated heterocycles. The van der Waals surface area contributed by atoms with Crippen LogP contribution in [0.2, 0.25) is 0 Å². The minimum Gasteiger partial charge on any atom is -0.490 e. The van der Waals surface area contributed by atoms with Crippen molar-refractivity contribution in [1.29, 1.82) is 0 Å². The van der Waals surface area contributed by atoms with E-state index in [0.717, 1.165) is 17.4 Å². The van der Waals surface area contributed by atoms with Gasteiger partial charge in [0, 0.05) is 18.8 Å². The fourth-order valence-corrected chi connectivity index (χ4v) is 2.32. The molecule has 16 heavy (non-hydrogen) atoms. The van der Waals surface area contributed by atoms with Crippen LogP contribution in [0.5, 0.6) is 5.75 Å². The number of aromatic nitrogens is 1. The maximum Gasteiger partial charge on any atom is 0.123 e. The van der Waals surface area contributed by atoms with Crippen LogP contribution in [0.25, 0.3) is 0 Å². The minimum absolute atomic E-state index is 0.372. The maximum absolute atomic E-state index is 5.97. The average Bonchev–Trinajstić information content (AvgIpc) is 2.29. The highest BCUT2D eigenvalue weighted by Crippen LogP contribution is 2.27. The summed E-state index contributed by atoms with van der Waals surface area (Å²) in [5.41, 5.74) is 6.45. The predicted octanol–water partition coefficient (Wildman–Crippen LogP) is 2.50. The van der Waals surface area contributed by atoms with E-state index in [-0.39, 0.29) is 0 Å². The maximum atomic E-state index is 5.97. The Kier molecular flexibility index (Phi) is 3.78. The summed E-state index contributed by atoms with van der Waals surface area (Å²) in [4.78, 5) is 4.16. The molecule has 0 bridgehead atoms. The van der Waals surface area contributed by atoms with E-state index < -0.39 is 0 Å². The van der Waals surface area contributed by atoms with Crippen LogP contribution in [-0.2, 0) is 6.54 Å². The second kappa shape index (κ2) is 5.30. The monoisotopic (exact) mass is 220 g/mol. The van der Waals surface area contributed by atoms with Gasteiger partial charge in [0.2, 0.25) is 0 Å². The number of pyridine rings is 1. The van der Waals surface area contributed by atoms with Crippen molar-refractivity contribution in [3.05, 3.63) is 24.0 Å². The van der Waals surface area contributed by atoms with Gasteiger partial charge in [-0.1, -0.05) is 13.3 Å². The van der Waals surface area contributed by atoms with Gasteiger partial charge in [-0.15, -0.1) is 0 Å². The van der Waals surface area contributed by atoms with E-state index in [0.29, 0.717) is 12.6 Å². The second-order valence-electron chi connectivity index (χ2n) is 4.70. The molecule has 1 heterocycles. The lowest BCUT2D eigenvalue weighted by molar-refractivity contribution is 0.129. The van der Waals surface area contributed by atoms with Crippen molar-refractivity contribution in [1.82, 2.24) is 4.98 Å². The number of rotatable bonds is 3. The van der Waals surface area contributed by atoms with Crippen LogP contribution in [0, 0.1) is 5.92 Å². The standard InChI is InChI=1S/C13H20N2O/c1-10-3-2-4-12(7-10)16-13-5-6-15-11(8-13)9-14/h5-6,8,10,12H,2-4,7,9,14H2,1H3. The number of hydrogen-bond donors (Lipinski definition) is 1. The molecule has 3 nitrogen and oxygen atoms in total. The lowest BCUT2D eigenvalue weighted by Crippen LogP contribution is -2.24. The third kappa shape index (κ3) is 2.95. The number of ether oxygens (including phenoxy) is 1. The third-order valence-electron chi connectivity index (χ3n) is 3.19. The fraction of sp³-hybridized carbons (Fsp3) is 0.615. The molecule has 1 aromatic heterocycles. The van der Waals surface area contributed by atoms with Crippen LogP contribution in [0.15, 0.2) is 18.3 Å². The van der Waals surface area contributed by atoms with E-state index in [2.05, 4.69) is 11.9 Å². The first-order valence-corrected chi connectivity index (χ1v) is 6.09. The molecule has 2 rings (SSSR count). The Bertz CT molecular complexity index is 340. The first-order chi connectivity index (χ1) is 7.78. The Morgan fingerprint density at radius 1 is 1.50 bits per heavy atom. The first kappa shape index (κ1) is 11.4. The summed E-state index contributed by atoms with van der Waals surface area (Å²) in [6.45, 7) is 2.77. The van der Waals surface area contributed by atoms with Crippen molar-refractivity contribution in [2.24, 2.45) is 11.7 Å². The quantitative estimate of drug-likeness (QED) is 0.851. The number of nitrogens with two attached hydrogens (primary N) is 1. The van der Waals surface area contributed by atoms with Gasteiger partial charge in [0.1, 0.15) is 5.75 Å². The molecule has 0 amide bonds. The van der Waals surface area contributed by atoms with E-state index in [9.17, 15) is 0 Å².